The standard InChI is InChI=1S/C9H10FNOS/c1-2-12-11-7-8-3-5-9(13-10)6-4-8/h3-7H,2H2,1H3/b11-7+. The number of oxime groups is 1. The maximum Gasteiger partial charge on any atom is 0.114 e. The van der Waals surface area contributed by atoms with Crippen LogP contribution >= 0.6 is 12.1 Å². The Bertz CT molecular complexity index is 273. The molecule has 0 aromatic heterocycles. The zero-order valence-electron chi connectivity index (χ0n) is 7.24. The Kier molecular flexibility index (Phi) is 4.32. The highest BCUT2D eigenvalue weighted by Crippen LogP contribution is 2.18. The number of rotatable bonds is 4. The lowest BCUT2D eigenvalue weighted by atomic mass is 10.2. The average Bonchev–Trinajstić information content (AvgIpc) is 2.19. The zero-order chi connectivity index (χ0) is 9.52. The molecule has 0 saturated carbocycles. The van der Waals surface area contributed by atoms with E-state index < -0.39 is 0 Å². The summed E-state index contributed by atoms with van der Waals surface area (Å²) in [6, 6.07) is 6.95. The number of hydrogen-bond acceptors (Lipinski definition) is 3. The third-order valence-corrected chi connectivity index (χ3v) is 1.82. The van der Waals surface area contributed by atoms with Crippen molar-refractivity contribution in [1.29, 1.82) is 0 Å². The molecule has 0 atom stereocenters. The van der Waals surface area contributed by atoms with Crippen LogP contribution in [0.25, 0.3) is 0 Å². The molecule has 0 aliphatic carbocycles. The van der Waals surface area contributed by atoms with Crippen LogP contribution in [0.1, 0.15) is 12.5 Å². The fraction of sp³-hybridized carbons (Fsp3) is 0.222. The van der Waals surface area contributed by atoms with Crippen molar-refractivity contribution in [1.82, 2.24) is 0 Å². The number of halogens is 1. The third kappa shape index (κ3) is 3.46. The molecule has 0 aliphatic heterocycles. The molecule has 70 valence electrons. The van der Waals surface area contributed by atoms with E-state index >= 15 is 0 Å². The van der Waals surface area contributed by atoms with E-state index in [4.69, 9.17) is 4.84 Å². The summed E-state index contributed by atoms with van der Waals surface area (Å²) in [6.45, 7) is 2.41. The molecule has 0 saturated heterocycles. The van der Waals surface area contributed by atoms with Crippen LogP contribution < -0.4 is 0 Å². The summed E-state index contributed by atoms with van der Waals surface area (Å²) in [5, 5.41) is 3.69. The summed E-state index contributed by atoms with van der Waals surface area (Å²) >= 11 is 0.230. The second-order valence-electron chi connectivity index (χ2n) is 2.30. The summed E-state index contributed by atoms with van der Waals surface area (Å²) in [6.07, 6.45) is 1.59. The Morgan fingerprint density at radius 3 is 2.69 bits per heavy atom. The van der Waals surface area contributed by atoms with Gasteiger partial charge in [0.2, 0.25) is 0 Å². The molecule has 4 heteroatoms. The van der Waals surface area contributed by atoms with Gasteiger partial charge in [0.25, 0.3) is 0 Å². The minimum absolute atomic E-state index is 0.230. The van der Waals surface area contributed by atoms with Gasteiger partial charge in [-0.1, -0.05) is 17.3 Å². The first-order valence-electron chi connectivity index (χ1n) is 3.91. The normalized spacial score (nSPS) is 10.6. The first-order chi connectivity index (χ1) is 6.36. The van der Waals surface area contributed by atoms with Crippen molar-refractivity contribution in [2.24, 2.45) is 5.16 Å². The van der Waals surface area contributed by atoms with E-state index in [-0.39, 0.29) is 12.1 Å². The molecule has 2 nitrogen and oxygen atoms in total. The van der Waals surface area contributed by atoms with Crippen LogP contribution in [0.5, 0.6) is 0 Å². The monoisotopic (exact) mass is 199 g/mol. The molecule has 0 amide bonds. The van der Waals surface area contributed by atoms with Gasteiger partial charge in [-0.05, 0) is 24.6 Å². The SMILES string of the molecule is CCO/N=C/c1ccc(SF)cc1. The molecule has 0 aliphatic rings. The zero-order valence-corrected chi connectivity index (χ0v) is 8.05. The molecule has 0 fully saturated rings. The summed E-state index contributed by atoms with van der Waals surface area (Å²) < 4.78 is 12.0. The lowest BCUT2D eigenvalue weighted by Crippen LogP contribution is -1.83. The van der Waals surface area contributed by atoms with Crippen molar-refractivity contribution < 1.29 is 8.72 Å². The van der Waals surface area contributed by atoms with E-state index in [1.165, 1.54) is 0 Å². The average molecular weight is 199 g/mol. The van der Waals surface area contributed by atoms with Crippen LogP contribution in [-0.4, -0.2) is 12.8 Å². The number of nitrogens with zero attached hydrogens (tertiary/aromatic N) is 1. The summed E-state index contributed by atoms with van der Waals surface area (Å²) in [5.74, 6) is 0. The minimum Gasteiger partial charge on any atom is -0.396 e. The van der Waals surface area contributed by atoms with Crippen LogP contribution in [0.4, 0.5) is 3.89 Å². The lowest BCUT2D eigenvalue weighted by molar-refractivity contribution is 0.160. The predicted molar refractivity (Wildman–Crippen MR) is 52.6 cm³/mol. The van der Waals surface area contributed by atoms with E-state index in [0.29, 0.717) is 11.5 Å². The number of benzene rings is 1. The highest BCUT2D eigenvalue weighted by molar-refractivity contribution is 7.94. The molecular weight excluding hydrogens is 189 g/mol. The summed E-state index contributed by atoms with van der Waals surface area (Å²) in [7, 11) is 0. The van der Waals surface area contributed by atoms with Crippen molar-refractivity contribution in [3.8, 4) is 0 Å². The van der Waals surface area contributed by atoms with E-state index in [9.17, 15) is 3.89 Å². The quantitative estimate of drug-likeness (QED) is 0.549. The number of hydrogen-bond donors (Lipinski definition) is 0. The van der Waals surface area contributed by atoms with Crippen LogP contribution in [0, 0.1) is 0 Å². The molecule has 0 spiro atoms. The minimum atomic E-state index is 0.230. The largest absolute Gasteiger partial charge is 0.396 e. The Morgan fingerprint density at radius 2 is 2.15 bits per heavy atom. The first-order valence-corrected chi connectivity index (χ1v) is 4.62. The van der Waals surface area contributed by atoms with Crippen molar-refractivity contribution in [3.05, 3.63) is 29.8 Å². The highest BCUT2D eigenvalue weighted by Gasteiger charge is 1.91. The van der Waals surface area contributed by atoms with Gasteiger partial charge in [-0.25, -0.2) is 0 Å². The van der Waals surface area contributed by atoms with Gasteiger partial charge in [-0.2, -0.15) is 3.89 Å². The maximum absolute atomic E-state index is 12.0. The van der Waals surface area contributed by atoms with Crippen LogP contribution in [0.3, 0.4) is 0 Å². The van der Waals surface area contributed by atoms with E-state index in [2.05, 4.69) is 5.16 Å². The Labute approximate surface area is 81.1 Å². The fourth-order valence-electron chi connectivity index (χ4n) is 0.778. The molecule has 0 N–H and O–H groups in total. The lowest BCUT2D eigenvalue weighted by Gasteiger charge is -1.94. The van der Waals surface area contributed by atoms with Gasteiger partial charge < -0.3 is 4.84 Å². The molecule has 1 aromatic carbocycles. The van der Waals surface area contributed by atoms with Crippen LogP contribution in [0.2, 0.25) is 0 Å². The van der Waals surface area contributed by atoms with Crippen molar-refractivity contribution in [2.45, 2.75) is 11.8 Å². The van der Waals surface area contributed by atoms with Gasteiger partial charge in [0.1, 0.15) is 6.61 Å². The Hall–Kier alpha value is -1.03. The molecule has 0 unspecified atom stereocenters. The van der Waals surface area contributed by atoms with Gasteiger partial charge in [0.15, 0.2) is 0 Å². The second kappa shape index (κ2) is 5.59. The fourth-order valence-corrected chi connectivity index (χ4v) is 1.02. The van der Waals surface area contributed by atoms with Crippen molar-refractivity contribution in [2.75, 3.05) is 6.61 Å². The first kappa shape index (κ1) is 10.1. The topological polar surface area (TPSA) is 21.6 Å². The van der Waals surface area contributed by atoms with E-state index in [0.717, 1.165) is 5.56 Å². The van der Waals surface area contributed by atoms with Gasteiger partial charge in [0.05, 0.1) is 18.4 Å². The molecule has 13 heavy (non-hydrogen) atoms. The third-order valence-electron chi connectivity index (χ3n) is 1.37. The maximum atomic E-state index is 12.0. The Balaban J connectivity index is 2.58. The predicted octanol–water partition coefficient (Wildman–Crippen LogP) is 3.03. The van der Waals surface area contributed by atoms with Crippen LogP contribution in [0.15, 0.2) is 34.3 Å². The van der Waals surface area contributed by atoms with Crippen molar-refractivity contribution >= 4 is 18.4 Å². The van der Waals surface area contributed by atoms with Gasteiger partial charge in [-0.3, -0.25) is 0 Å². The second-order valence-corrected chi connectivity index (χ2v) is 2.92. The van der Waals surface area contributed by atoms with Crippen LogP contribution in [-0.2, 0) is 4.84 Å². The Morgan fingerprint density at radius 1 is 1.46 bits per heavy atom. The molecule has 0 heterocycles. The van der Waals surface area contributed by atoms with Gasteiger partial charge >= 0.3 is 0 Å². The molecular formula is C9H10FNOS. The highest BCUT2D eigenvalue weighted by atomic mass is 32.2. The summed E-state index contributed by atoms with van der Waals surface area (Å²) in [5.41, 5.74) is 0.895. The van der Waals surface area contributed by atoms with E-state index in [1.807, 2.05) is 6.92 Å². The van der Waals surface area contributed by atoms with Gasteiger partial charge in [-0.15, -0.1) is 0 Å². The molecule has 1 aromatic rings. The smallest absolute Gasteiger partial charge is 0.114 e. The molecule has 0 radical (unpaired) electrons. The van der Waals surface area contributed by atoms with Gasteiger partial charge in [0, 0.05) is 4.90 Å². The summed E-state index contributed by atoms with van der Waals surface area (Å²) in [4.78, 5) is 5.38. The molecule has 0 bridgehead atoms. The van der Waals surface area contributed by atoms with E-state index in [1.54, 1.807) is 30.5 Å². The van der Waals surface area contributed by atoms with Crippen molar-refractivity contribution in [3.63, 3.8) is 0 Å². The molecule has 1 rings (SSSR count).